The maximum Gasteiger partial charge on any atom is 0.410 e. The van der Waals surface area contributed by atoms with Crippen LogP contribution in [-0.2, 0) is 11.3 Å². The number of nitrogens with zero attached hydrogens (tertiary/aromatic N) is 2. The quantitative estimate of drug-likeness (QED) is 0.591. The highest BCUT2D eigenvalue weighted by Crippen LogP contribution is 2.27. The van der Waals surface area contributed by atoms with Gasteiger partial charge in [-0.3, -0.25) is 0 Å². The minimum absolute atomic E-state index is 0.0288. The predicted molar refractivity (Wildman–Crippen MR) is 125 cm³/mol. The maximum atomic E-state index is 14.3. The summed E-state index contributed by atoms with van der Waals surface area (Å²) in [7, 11) is 0. The predicted octanol–water partition coefficient (Wildman–Crippen LogP) is 5.28. The van der Waals surface area contributed by atoms with Crippen molar-refractivity contribution in [2.45, 2.75) is 51.7 Å². The third-order valence-corrected chi connectivity index (χ3v) is 5.82. The molecule has 1 aliphatic heterocycles. The summed E-state index contributed by atoms with van der Waals surface area (Å²) in [6.45, 7) is 7.72. The zero-order valence-electron chi connectivity index (χ0n) is 19.9. The van der Waals surface area contributed by atoms with Gasteiger partial charge in [-0.25, -0.2) is 18.4 Å². The molecule has 0 saturated carbocycles. The van der Waals surface area contributed by atoms with Gasteiger partial charge in [0.15, 0.2) is 0 Å². The molecule has 1 saturated heterocycles. The third kappa shape index (κ3) is 7.25. The Morgan fingerprint density at radius 1 is 1.18 bits per heavy atom. The number of piperidine rings is 1. The van der Waals surface area contributed by atoms with Gasteiger partial charge in [0.2, 0.25) is 0 Å². The molecule has 1 amide bonds. The van der Waals surface area contributed by atoms with Crippen LogP contribution in [-0.4, -0.2) is 58.7 Å². The number of amides is 1. The van der Waals surface area contributed by atoms with Gasteiger partial charge in [-0.2, -0.15) is 0 Å². The molecule has 34 heavy (non-hydrogen) atoms. The highest BCUT2D eigenvalue weighted by Gasteiger charge is 2.26. The van der Waals surface area contributed by atoms with E-state index in [1.807, 2.05) is 6.07 Å². The van der Waals surface area contributed by atoms with Crippen molar-refractivity contribution in [1.29, 1.82) is 0 Å². The van der Waals surface area contributed by atoms with Gasteiger partial charge in [-0.05, 0) is 69.8 Å². The number of rotatable bonds is 7. The van der Waals surface area contributed by atoms with E-state index >= 15 is 0 Å². The van der Waals surface area contributed by atoms with Gasteiger partial charge < -0.3 is 19.6 Å². The normalized spacial score (nSPS) is 16.8. The zero-order valence-corrected chi connectivity index (χ0v) is 19.9. The van der Waals surface area contributed by atoms with Crippen LogP contribution >= 0.6 is 0 Å². The lowest BCUT2D eigenvalue weighted by molar-refractivity contribution is 0.0207. The van der Waals surface area contributed by atoms with Gasteiger partial charge in [0.1, 0.15) is 17.2 Å². The molecule has 1 aliphatic rings. The van der Waals surface area contributed by atoms with Crippen molar-refractivity contribution < 1.29 is 28.2 Å². The lowest BCUT2D eigenvalue weighted by atomic mass is 9.89. The van der Waals surface area contributed by atoms with Gasteiger partial charge in [0.25, 0.3) is 0 Å². The Morgan fingerprint density at radius 2 is 1.94 bits per heavy atom. The van der Waals surface area contributed by atoms with Crippen LogP contribution in [0.2, 0.25) is 0 Å². The lowest BCUT2D eigenvalue weighted by Gasteiger charge is -2.35. The Balaban J connectivity index is 1.69. The first kappa shape index (κ1) is 25.6. The van der Waals surface area contributed by atoms with Crippen LogP contribution in [0.25, 0.3) is 0 Å². The van der Waals surface area contributed by atoms with E-state index in [1.165, 1.54) is 17.0 Å². The Morgan fingerprint density at radius 3 is 2.62 bits per heavy atom. The summed E-state index contributed by atoms with van der Waals surface area (Å²) in [5.41, 5.74) is 0.769. The van der Waals surface area contributed by atoms with Crippen molar-refractivity contribution in [3.8, 4) is 0 Å². The fourth-order valence-electron chi connectivity index (χ4n) is 4.14. The third-order valence-electron chi connectivity index (χ3n) is 5.82. The number of hydrogen-bond donors (Lipinski definition) is 1. The molecule has 1 atom stereocenters. The molecule has 0 radical (unpaired) electrons. The molecule has 0 aromatic heterocycles. The van der Waals surface area contributed by atoms with Crippen LogP contribution in [0.5, 0.6) is 0 Å². The zero-order chi connectivity index (χ0) is 24.9. The number of benzene rings is 2. The highest BCUT2D eigenvalue weighted by atomic mass is 19.1. The molecular formula is C26H32F2N2O4. The van der Waals surface area contributed by atoms with Gasteiger partial charge in [-0.1, -0.05) is 18.2 Å². The molecule has 1 fully saturated rings. The number of carbonyl (C=O) groups is 2. The first-order chi connectivity index (χ1) is 16.0. The number of likely N-dealkylation sites (tertiary alicyclic amines) is 1. The molecule has 2 aromatic rings. The second-order valence-electron chi connectivity index (χ2n) is 9.71. The van der Waals surface area contributed by atoms with Gasteiger partial charge in [0, 0.05) is 31.3 Å². The van der Waals surface area contributed by atoms with Gasteiger partial charge >= 0.3 is 12.1 Å². The first-order valence-electron chi connectivity index (χ1n) is 11.5. The van der Waals surface area contributed by atoms with Crippen molar-refractivity contribution >= 4 is 12.1 Å². The van der Waals surface area contributed by atoms with Crippen LogP contribution in [0.4, 0.5) is 13.6 Å². The molecule has 8 heteroatoms. The Bertz CT molecular complexity index is 1020. The summed E-state index contributed by atoms with van der Waals surface area (Å²) < 4.78 is 33.1. The summed E-state index contributed by atoms with van der Waals surface area (Å²) >= 11 is 0. The van der Waals surface area contributed by atoms with Gasteiger partial charge in [0.05, 0.1) is 12.1 Å². The van der Waals surface area contributed by atoms with E-state index in [0.717, 1.165) is 37.6 Å². The van der Waals surface area contributed by atoms with Gasteiger partial charge in [-0.15, -0.1) is 0 Å². The monoisotopic (exact) mass is 474 g/mol. The average Bonchev–Trinajstić information content (AvgIpc) is 2.77. The lowest BCUT2D eigenvalue weighted by Crippen LogP contribution is -2.43. The number of carboxylic acids is 1. The van der Waals surface area contributed by atoms with Crippen LogP contribution in [0.15, 0.2) is 42.5 Å². The Hall–Kier alpha value is -3.00. The molecule has 0 bridgehead atoms. The fraction of sp³-hybridized carbons (Fsp3) is 0.462. The van der Waals surface area contributed by atoms with Crippen LogP contribution in [0.1, 0.15) is 61.0 Å². The van der Waals surface area contributed by atoms with Crippen molar-refractivity contribution in [2.24, 2.45) is 0 Å². The van der Waals surface area contributed by atoms with Crippen molar-refractivity contribution in [1.82, 2.24) is 9.80 Å². The van der Waals surface area contributed by atoms with E-state index in [9.17, 15) is 23.5 Å². The van der Waals surface area contributed by atoms with E-state index in [4.69, 9.17) is 4.74 Å². The SMILES string of the molecule is CC(C)(C)OC(=O)N(CCN1CCCC(c2cccc(C(=O)O)c2)C1)Cc1ccc(F)cc1F. The smallest absolute Gasteiger partial charge is 0.410 e. The summed E-state index contributed by atoms with van der Waals surface area (Å²) in [4.78, 5) is 27.8. The maximum absolute atomic E-state index is 14.3. The molecule has 1 unspecified atom stereocenters. The molecule has 2 aromatic carbocycles. The number of carboxylic acid groups (broad SMARTS) is 1. The first-order valence-corrected chi connectivity index (χ1v) is 11.5. The van der Waals surface area contributed by atoms with E-state index in [0.29, 0.717) is 13.1 Å². The Labute approximate surface area is 199 Å². The van der Waals surface area contributed by atoms with Crippen LogP contribution in [0, 0.1) is 11.6 Å². The van der Waals surface area contributed by atoms with Crippen molar-refractivity contribution in [3.05, 3.63) is 70.8 Å². The standard InChI is InChI=1S/C26H32F2N2O4/c1-26(2,3)34-25(33)30(17-21-9-10-22(27)15-23(21)28)13-12-29-11-5-8-20(16-29)18-6-4-7-19(14-18)24(31)32/h4,6-7,9-10,14-15,20H,5,8,11-13,16-17H2,1-3H3,(H,31,32). The largest absolute Gasteiger partial charge is 0.478 e. The average molecular weight is 475 g/mol. The molecule has 0 aliphatic carbocycles. The van der Waals surface area contributed by atoms with E-state index in [2.05, 4.69) is 4.90 Å². The molecule has 6 nitrogen and oxygen atoms in total. The summed E-state index contributed by atoms with van der Waals surface area (Å²) in [5, 5.41) is 9.29. The van der Waals surface area contributed by atoms with E-state index in [-0.39, 0.29) is 23.6 Å². The number of aromatic carboxylic acids is 1. The Kier molecular flexibility index (Phi) is 8.25. The second-order valence-corrected chi connectivity index (χ2v) is 9.71. The van der Waals surface area contributed by atoms with E-state index in [1.54, 1.807) is 39.0 Å². The second kappa shape index (κ2) is 11.0. The van der Waals surface area contributed by atoms with Crippen molar-refractivity contribution in [3.63, 3.8) is 0 Å². The van der Waals surface area contributed by atoms with Crippen LogP contribution < -0.4 is 0 Å². The topological polar surface area (TPSA) is 70.1 Å². The summed E-state index contributed by atoms with van der Waals surface area (Å²) in [6, 6.07) is 10.3. The van der Waals surface area contributed by atoms with Crippen LogP contribution in [0.3, 0.4) is 0 Å². The highest BCUT2D eigenvalue weighted by molar-refractivity contribution is 5.87. The molecule has 3 rings (SSSR count). The minimum Gasteiger partial charge on any atom is -0.478 e. The van der Waals surface area contributed by atoms with E-state index < -0.39 is 29.3 Å². The molecule has 1 heterocycles. The molecule has 1 N–H and O–H groups in total. The summed E-state index contributed by atoms with van der Waals surface area (Å²) in [5.74, 6) is -2.13. The molecular weight excluding hydrogens is 442 g/mol. The molecule has 0 spiro atoms. The fourth-order valence-corrected chi connectivity index (χ4v) is 4.14. The number of carbonyl (C=O) groups excluding carboxylic acids is 1. The minimum atomic E-state index is -0.949. The number of ether oxygens (including phenoxy) is 1. The number of hydrogen-bond acceptors (Lipinski definition) is 4. The number of halogens is 2. The van der Waals surface area contributed by atoms with Crippen molar-refractivity contribution in [2.75, 3.05) is 26.2 Å². The molecule has 184 valence electrons. The summed E-state index contributed by atoms with van der Waals surface area (Å²) in [6.07, 6.45) is 1.34.